The Morgan fingerprint density at radius 3 is 2.06 bits per heavy atom. The third-order valence-corrected chi connectivity index (χ3v) is 3.72. The first-order valence-electron chi connectivity index (χ1n) is 6.95. The van der Waals surface area contributed by atoms with Gasteiger partial charge in [-0.1, -0.05) is 33.1 Å². The molecule has 1 rings (SSSR count). The minimum atomic E-state index is -0.0113. The molecule has 2 nitrogen and oxygen atoms in total. The van der Waals surface area contributed by atoms with Gasteiger partial charge < -0.3 is 9.69 Å². The molecule has 1 saturated carbocycles. The molecule has 1 fully saturated rings. The van der Waals surface area contributed by atoms with E-state index in [-0.39, 0.29) is 5.41 Å². The molecule has 0 spiro atoms. The van der Waals surface area contributed by atoms with Crippen LogP contribution in [0.25, 0.3) is 0 Å². The van der Waals surface area contributed by atoms with Gasteiger partial charge in [0.25, 0.3) is 0 Å². The van der Waals surface area contributed by atoms with Gasteiger partial charge in [-0.05, 0) is 38.8 Å². The summed E-state index contributed by atoms with van der Waals surface area (Å²) in [4.78, 5) is 13.9. The average Bonchev–Trinajstić information content (AvgIpc) is 2.31. The highest BCUT2D eigenvalue weighted by molar-refractivity contribution is 5.60. The van der Waals surface area contributed by atoms with Crippen LogP contribution in [0.15, 0.2) is 0 Å². The number of carbonyl (C=O) groups is 1. The van der Waals surface area contributed by atoms with E-state index in [9.17, 15) is 4.79 Å². The van der Waals surface area contributed by atoms with Crippen LogP contribution in [0.5, 0.6) is 0 Å². The minimum absolute atomic E-state index is 0.0113. The molecule has 0 bridgehead atoms. The van der Waals surface area contributed by atoms with Crippen LogP contribution in [-0.4, -0.2) is 30.8 Å². The molecule has 0 amide bonds. The summed E-state index contributed by atoms with van der Waals surface area (Å²) in [6.07, 6.45) is 9.65. The topological polar surface area (TPSA) is 20.3 Å². The van der Waals surface area contributed by atoms with Crippen molar-refractivity contribution < 1.29 is 4.79 Å². The Morgan fingerprint density at radius 1 is 1.06 bits per heavy atom. The molecule has 0 aromatic rings. The Morgan fingerprint density at radius 2 is 1.62 bits per heavy atom. The van der Waals surface area contributed by atoms with Crippen molar-refractivity contribution in [2.45, 2.75) is 58.8 Å². The van der Waals surface area contributed by atoms with Gasteiger partial charge in [-0.2, -0.15) is 0 Å². The largest absolute Gasteiger partial charge is 0.303 e. The van der Waals surface area contributed by atoms with Gasteiger partial charge in [0.05, 0.1) is 0 Å². The fourth-order valence-corrected chi connectivity index (χ4v) is 2.92. The lowest BCUT2D eigenvalue weighted by Gasteiger charge is -2.37. The first kappa shape index (κ1) is 13.7. The summed E-state index contributed by atoms with van der Waals surface area (Å²) in [5.74, 6) is 0. The molecule has 0 aromatic heterocycles. The van der Waals surface area contributed by atoms with E-state index in [2.05, 4.69) is 18.7 Å². The van der Waals surface area contributed by atoms with Crippen molar-refractivity contribution in [2.75, 3.05) is 19.6 Å². The summed E-state index contributed by atoms with van der Waals surface area (Å²) in [7, 11) is 0. The molecule has 94 valence electrons. The van der Waals surface area contributed by atoms with E-state index in [4.69, 9.17) is 0 Å². The van der Waals surface area contributed by atoms with E-state index in [0.717, 1.165) is 32.5 Å². The molecule has 1 aliphatic carbocycles. The second-order valence-electron chi connectivity index (χ2n) is 5.32. The number of hydrogen-bond donors (Lipinski definition) is 0. The van der Waals surface area contributed by atoms with Crippen molar-refractivity contribution >= 4 is 6.29 Å². The Labute approximate surface area is 100 Å². The first-order chi connectivity index (χ1) is 7.76. The molecule has 1 aliphatic rings. The van der Waals surface area contributed by atoms with Gasteiger partial charge in [-0.25, -0.2) is 0 Å². The smallest absolute Gasteiger partial charge is 0.127 e. The van der Waals surface area contributed by atoms with Crippen LogP contribution in [0.3, 0.4) is 0 Å². The number of carbonyl (C=O) groups excluding carboxylic acids is 1. The predicted molar refractivity (Wildman–Crippen MR) is 68.6 cm³/mol. The summed E-state index contributed by atoms with van der Waals surface area (Å²) in [6, 6.07) is 0. The second kappa shape index (κ2) is 7.05. The molecular formula is C14H27NO. The van der Waals surface area contributed by atoms with Crippen LogP contribution in [0, 0.1) is 5.41 Å². The van der Waals surface area contributed by atoms with E-state index < -0.39 is 0 Å². The second-order valence-corrected chi connectivity index (χ2v) is 5.32. The van der Waals surface area contributed by atoms with Crippen molar-refractivity contribution in [2.24, 2.45) is 5.41 Å². The van der Waals surface area contributed by atoms with E-state index >= 15 is 0 Å². The summed E-state index contributed by atoms with van der Waals surface area (Å²) in [6.45, 7) is 7.72. The molecule has 0 saturated heterocycles. The van der Waals surface area contributed by atoms with Crippen LogP contribution in [0.4, 0.5) is 0 Å². The molecule has 0 aromatic carbocycles. The monoisotopic (exact) mass is 225 g/mol. The van der Waals surface area contributed by atoms with Crippen molar-refractivity contribution in [3.05, 3.63) is 0 Å². The van der Waals surface area contributed by atoms with Crippen molar-refractivity contribution in [3.63, 3.8) is 0 Å². The highest BCUT2D eigenvalue weighted by atomic mass is 16.1. The normalized spacial score (nSPS) is 19.9. The van der Waals surface area contributed by atoms with Gasteiger partial charge in [-0.15, -0.1) is 0 Å². The average molecular weight is 225 g/mol. The van der Waals surface area contributed by atoms with Gasteiger partial charge in [-0.3, -0.25) is 0 Å². The zero-order valence-electron chi connectivity index (χ0n) is 11.0. The number of hydrogen-bond acceptors (Lipinski definition) is 2. The Kier molecular flexibility index (Phi) is 6.04. The fraction of sp³-hybridized carbons (Fsp3) is 0.929. The quantitative estimate of drug-likeness (QED) is 0.620. The molecule has 2 heteroatoms. The fourth-order valence-electron chi connectivity index (χ4n) is 2.92. The molecule has 0 N–H and O–H groups in total. The van der Waals surface area contributed by atoms with Crippen LogP contribution < -0.4 is 0 Å². The van der Waals surface area contributed by atoms with E-state index in [1.165, 1.54) is 38.4 Å². The minimum Gasteiger partial charge on any atom is -0.303 e. The summed E-state index contributed by atoms with van der Waals surface area (Å²) < 4.78 is 0. The molecule has 0 heterocycles. The molecular weight excluding hydrogens is 198 g/mol. The van der Waals surface area contributed by atoms with E-state index in [0.29, 0.717) is 0 Å². The van der Waals surface area contributed by atoms with Crippen LogP contribution in [-0.2, 0) is 4.79 Å². The predicted octanol–water partition coefficient (Wildman–Crippen LogP) is 3.26. The number of rotatable bonds is 7. The van der Waals surface area contributed by atoms with Gasteiger partial charge in [0, 0.05) is 12.0 Å². The Balaban J connectivity index is 2.53. The van der Waals surface area contributed by atoms with Crippen molar-refractivity contribution in [1.82, 2.24) is 4.90 Å². The highest BCUT2D eigenvalue weighted by Crippen LogP contribution is 2.35. The van der Waals surface area contributed by atoms with Crippen LogP contribution >= 0.6 is 0 Å². The lowest BCUT2D eigenvalue weighted by Crippen LogP contribution is -2.41. The third-order valence-electron chi connectivity index (χ3n) is 3.72. The molecule has 0 unspecified atom stereocenters. The molecule has 16 heavy (non-hydrogen) atoms. The number of nitrogens with zero attached hydrogens (tertiary/aromatic N) is 1. The summed E-state index contributed by atoms with van der Waals surface area (Å²) in [5, 5.41) is 0. The standard InChI is InChI=1S/C14H27NO/c1-3-10-15(11-4-2)12-14(13-16)8-6-5-7-9-14/h13H,3-12H2,1-2H3. The van der Waals surface area contributed by atoms with Gasteiger partial charge in [0.1, 0.15) is 6.29 Å². The Hall–Kier alpha value is -0.370. The van der Waals surface area contributed by atoms with Crippen LogP contribution in [0.2, 0.25) is 0 Å². The molecule has 0 atom stereocenters. The van der Waals surface area contributed by atoms with E-state index in [1.807, 2.05) is 0 Å². The zero-order chi connectivity index (χ0) is 11.9. The van der Waals surface area contributed by atoms with Crippen molar-refractivity contribution in [1.29, 1.82) is 0 Å². The SMILES string of the molecule is CCCN(CCC)CC1(C=O)CCCCC1. The zero-order valence-corrected chi connectivity index (χ0v) is 11.0. The van der Waals surface area contributed by atoms with Gasteiger partial charge >= 0.3 is 0 Å². The lowest BCUT2D eigenvalue weighted by atomic mass is 9.75. The van der Waals surface area contributed by atoms with Gasteiger partial charge in [0.2, 0.25) is 0 Å². The molecule has 0 aliphatic heterocycles. The highest BCUT2D eigenvalue weighted by Gasteiger charge is 2.33. The lowest BCUT2D eigenvalue weighted by molar-refractivity contribution is -0.119. The first-order valence-corrected chi connectivity index (χ1v) is 6.95. The van der Waals surface area contributed by atoms with Gasteiger partial charge in [0.15, 0.2) is 0 Å². The maximum atomic E-state index is 11.4. The maximum Gasteiger partial charge on any atom is 0.127 e. The van der Waals surface area contributed by atoms with E-state index in [1.54, 1.807) is 0 Å². The van der Waals surface area contributed by atoms with Crippen LogP contribution in [0.1, 0.15) is 58.8 Å². The number of aldehydes is 1. The summed E-state index contributed by atoms with van der Waals surface area (Å²) >= 11 is 0. The third kappa shape index (κ3) is 3.89. The molecule has 0 radical (unpaired) electrons. The Bertz CT molecular complexity index is 191. The summed E-state index contributed by atoms with van der Waals surface area (Å²) in [5.41, 5.74) is -0.0113. The van der Waals surface area contributed by atoms with Crippen molar-refractivity contribution in [3.8, 4) is 0 Å². The maximum absolute atomic E-state index is 11.4.